The molecule has 2 bridgehead atoms. The van der Waals surface area contributed by atoms with Gasteiger partial charge in [0.25, 0.3) is 0 Å². The standard InChI is InChI=1S/C37H45NO5/c1-31(2)18-24-21-16-26-22(13-19(21)14-25(24)32(3,4)42-31)23-15-20-9-10-36(40)28-17-27(39)30-33(5,6)43-37(28,41-30)12-11-34(36,7)35(20,8)29(23)38-26/h13,16-17,20,30,38,40H,9-12,14-15,18H2,1-8H3/t20-,30?,34+,35+,36+,37-/m0/s1. The van der Waals surface area contributed by atoms with Gasteiger partial charge in [0, 0.05) is 45.8 Å². The van der Waals surface area contributed by atoms with E-state index >= 15 is 0 Å². The van der Waals surface area contributed by atoms with Crippen molar-refractivity contribution in [2.24, 2.45) is 11.3 Å². The molecule has 0 radical (unpaired) electrons. The van der Waals surface area contributed by atoms with Crippen LogP contribution < -0.4 is 0 Å². The summed E-state index contributed by atoms with van der Waals surface area (Å²) >= 11 is 0. The second-order valence-corrected chi connectivity index (χ2v) is 17.0. The van der Waals surface area contributed by atoms with Crippen LogP contribution in [-0.2, 0) is 37.3 Å². The molecule has 9 rings (SSSR count). The van der Waals surface area contributed by atoms with Crippen LogP contribution in [0.2, 0.25) is 0 Å². The fourth-order valence-corrected chi connectivity index (χ4v) is 11.4. The maximum atomic E-state index is 13.3. The van der Waals surface area contributed by atoms with Crippen molar-refractivity contribution in [3.63, 3.8) is 0 Å². The molecule has 228 valence electrons. The van der Waals surface area contributed by atoms with Crippen LogP contribution in [0.5, 0.6) is 0 Å². The lowest BCUT2D eigenvalue weighted by atomic mass is 9.42. The molecular weight excluding hydrogens is 538 g/mol. The molecule has 1 aromatic heterocycles. The normalized spacial score (nSPS) is 42.6. The minimum Gasteiger partial charge on any atom is -0.385 e. The molecule has 2 saturated carbocycles. The highest BCUT2D eigenvalue weighted by Gasteiger charge is 2.75. The zero-order valence-electron chi connectivity index (χ0n) is 26.9. The van der Waals surface area contributed by atoms with Crippen LogP contribution in [0.4, 0.5) is 0 Å². The third kappa shape index (κ3) is 2.94. The summed E-state index contributed by atoms with van der Waals surface area (Å²) in [5, 5.41) is 14.2. The second-order valence-electron chi connectivity index (χ2n) is 17.0. The van der Waals surface area contributed by atoms with Gasteiger partial charge in [0.2, 0.25) is 0 Å². The number of benzene rings is 1. The Bertz CT molecular complexity index is 1760. The van der Waals surface area contributed by atoms with Crippen LogP contribution in [-0.4, -0.2) is 50.2 Å². The average Bonchev–Trinajstić information content (AvgIpc) is 3.58. The Morgan fingerprint density at radius 3 is 2.51 bits per heavy atom. The number of aromatic amines is 1. The van der Waals surface area contributed by atoms with E-state index in [0.717, 1.165) is 32.1 Å². The molecule has 0 amide bonds. The zero-order chi connectivity index (χ0) is 30.3. The number of nitrogens with one attached hydrogen (secondary N) is 1. The fourth-order valence-electron chi connectivity index (χ4n) is 11.4. The van der Waals surface area contributed by atoms with Gasteiger partial charge in [-0.2, -0.15) is 0 Å². The predicted octanol–water partition coefficient (Wildman–Crippen LogP) is 6.61. The van der Waals surface area contributed by atoms with E-state index in [2.05, 4.69) is 58.7 Å². The molecule has 1 spiro atoms. The number of hydrogen-bond acceptors (Lipinski definition) is 5. The summed E-state index contributed by atoms with van der Waals surface area (Å²) in [6.07, 6.45) is 6.87. The minimum absolute atomic E-state index is 0.0848. The smallest absolute Gasteiger partial charge is 0.195 e. The largest absolute Gasteiger partial charge is 0.385 e. The fraction of sp³-hybridized carbons (Fsp3) is 0.649. The third-order valence-electron chi connectivity index (χ3n) is 13.5. The van der Waals surface area contributed by atoms with Gasteiger partial charge in [0.1, 0.15) is 5.60 Å². The Hall–Kier alpha value is -2.25. The van der Waals surface area contributed by atoms with Crippen LogP contribution in [0, 0.1) is 11.3 Å². The third-order valence-corrected chi connectivity index (χ3v) is 13.5. The van der Waals surface area contributed by atoms with Crippen molar-refractivity contribution in [2.75, 3.05) is 0 Å². The molecule has 1 unspecified atom stereocenters. The molecule has 3 aliphatic heterocycles. The van der Waals surface area contributed by atoms with Crippen molar-refractivity contribution in [3.8, 4) is 0 Å². The quantitative estimate of drug-likeness (QED) is 0.365. The van der Waals surface area contributed by atoms with E-state index in [1.165, 1.54) is 44.4 Å². The van der Waals surface area contributed by atoms with E-state index in [1.807, 2.05) is 13.8 Å². The first-order valence-electron chi connectivity index (χ1n) is 16.4. The molecular formula is C37H45NO5. The first-order valence-corrected chi connectivity index (χ1v) is 16.4. The zero-order valence-corrected chi connectivity index (χ0v) is 26.9. The summed E-state index contributed by atoms with van der Waals surface area (Å²) in [7, 11) is 0. The number of carbonyl (C=O) groups is 1. The number of H-pyrrole nitrogens is 1. The monoisotopic (exact) mass is 583 g/mol. The van der Waals surface area contributed by atoms with Crippen molar-refractivity contribution in [1.29, 1.82) is 0 Å². The van der Waals surface area contributed by atoms with Gasteiger partial charge in [-0.3, -0.25) is 4.79 Å². The maximum Gasteiger partial charge on any atom is 0.195 e. The van der Waals surface area contributed by atoms with Crippen molar-refractivity contribution < 1.29 is 24.1 Å². The lowest BCUT2D eigenvalue weighted by molar-refractivity contribution is -0.247. The molecule has 7 aliphatic rings. The number of aliphatic hydroxyl groups is 1. The van der Waals surface area contributed by atoms with E-state index in [9.17, 15) is 9.90 Å². The molecule has 43 heavy (non-hydrogen) atoms. The maximum absolute atomic E-state index is 13.3. The molecule has 6 heteroatoms. The van der Waals surface area contributed by atoms with Gasteiger partial charge in [-0.05, 0) is 126 Å². The van der Waals surface area contributed by atoms with E-state index in [0.29, 0.717) is 24.3 Å². The number of carbonyl (C=O) groups excluding carboxylic acids is 1. The highest BCUT2D eigenvalue weighted by molar-refractivity contribution is 5.97. The van der Waals surface area contributed by atoms with Gasteiger partial charge in [-0.25, -0.2) is 0 Å². The topological polar surface area (TPSA) is 80.8 Å². The molecule has 6 atom stereocenters. The number of aromatic nitrogens is 1. The van der Waals surface area contributed by atoms with Gasteiger partial charge in [0.05, 0.1) is 16.8 Å². The Labute approximate surface area is 254 Å². The Balaban J connectivity index is 1.18. The predicted molar refractivity (Wildman–Crippen MR) is 165 cm³/mol. The molecule has 2 N–H and O–H groups in total. The Morgan fingerprint density at radius 1 is 0.977 bits per heavy atom. The summed E-state index contributed by atoms with van der Waals surface area (Å²) in [6.45, 7) is 17.4. The Morgan fingerprint density at radius 2 is 1.74 bits per heavy atom. The molecule has 1 aromatic carbocycles. The summed E-state index contributed by atoms with van der Waals surface area (Å²) in [5.41, 5.74) is 7.05. The van der Waals surface area contributed by atoms with Gasteiger partial charge in [0.15, 0.2) is 17.7 Å². The summed E-state index contributed by atoms with van der Waals surface area (Å²) in [5.74, 6) is -0.683. The molecule has 1 saturated heterocycles. The van der Waals surface area contributed by atoms with Gasteiger partial charge >= 0.3 is 0 Å². The summed E-state index contributed by atoms with van der Waals surface area (Å²) in [6, 6.07) is 4.86. The van der Waals surface area contributed by atoms with Crippen LogP contribution in [0.3, 0.4) is 0 Å². The minimum atomic E-state index is -1.20. The van der Waals surface area contributed by atoms with Crippen LogP contribution >= 0.6 is 0 Å². The number of ketones is 1. The van der Waals surface area contributed by atoms with Gasteiger partial charge < -0.3 is 24.3 Å². The van der Waals surface area contributed by atoms with Crippen molar-refractivity contribution in [3.05, 3.63) is 51.7 Å². The number of rotatable bonds is 0. The molecule has 6 nitrogen and oxygen atoms in total. The molecule has 4 aliphatic carbocycles. The molecule has 3 fully saturated rings. The van der Waals surface area contributed by atoms with E-state index < -0.39 is 28.5 Å². The van der Waals surface area contributed by atoms with Crippen molar-refractivity contribution in [1.82, 2.24) is 4.98 Å². The number of fused-ring (bicyclic) bond motifs is 11. The van der Waals surface area contributed by atoms with Crippen molar-refractivity contribution >= 4 is 22.3 Å². The van der Waals surface area contributed by atoms with Crippen LogP contribution in [0.15, 0.2) is 29.4 Å². The first kappa shape index (κ1) is 27.1. The van der Waals surface area contributed by atoms with E-state index in [1.54, 1.807) is 6.08 Å². The van der Waals surface area contributed by atoms with Crippen LogP contribution in [0.25, 0.3) is 16.5 Å². The SMILES string of the molecule is CC1(C)CC2=C(Cc3cc4c5c([nH]c4cc32)[C@@]2(C)[C@@H](CC[C@@]3(O)C4=CC(=O)C6O[C@@]4(CC[C@@]32C)OC6(C)C)C5)C(C)(C)O1. The lowest BCUT2D eigenvalue weighted by Gasteiger charge is -2.65. The molecule has 2 aromatic rings. The lowest BCUT2D eigenvalue weighted by Crippen LogP contribution is -2.69. The van der Waals surface area contributed by atoms with Crippen LogP contribution in [0.1, 0.15) is 110 Å². The first-order chi connectivity index (χ1) is 19.9. The highest BCUT2D eigenvalue weighted by atomic mass is 16.8. The summed E-state index contributed by atoms with van der Waals surface area (Å²) < 4.78 is 19.6. The van der Waals surface area contributed by atoms with Gasteiger partial charge in [-0.15, -0.1) is 0 Å². The van der Waals surface area contributed by atoms with Gasteiger partial charge in [-0.1, -0.05) is 13.8 Å². The Kier molecular flexibility index (Phi) is 4.67. The highest BCUT2D eigenvalue weighted by Crippen LogP contribution is 2.72. The number of ether oxygens (including phenoxy) is 3. The van der Waals surface area contributed by atoms with E-state index in [4.69, 9.17) is 14.2 Å². The second kappa shape index (κ2) is 7.41. The van der Waals surface area contributed by atoms with Crippen molar-refractivity contribution in [2.45, 2.75) is 140 Å². The molecule has 4 heterocycles. The summed E-state index contributed by atoms with van der Waals surface area (Å²) in [4.78, 5) is 17.3. The average molecular weight is 584 g/mol. The van der Waals surface area contributed by atoms with E-state index in [-0.39, 0.29) is 22.4 Å². The number of hydrogen-bond donors (Lipinski definition) is 2.